The van der Waals surface area contributed by atoms with Crippen LogP contribution in [0.4, 0.5) is 11.4 Å². The van der Waals surface area contributed by atoms with E-state index in [-0.39, 0.29) is 17.0 Å². The predicted molar refractivity (Wildman–Crippen MR) is 118 cm³/mol. The molecule has 0 bridgehead atoms. The Hall–Kier alpha value is -3.16. The molecule has 0 amide bonds. The molecule has 8 heteroatoms. The maximum atomic E-state index is 10.8. The molecule has 2 rings (SSSR count). The van der Waals surface area contributed by atoms with Crippen LogP contribution in [-0.4, -0.2) is 21.0 Å². The number of hydrogen-bond donors (Lipinski definition) is 0. The molecule has 2 aromatic rings. The second-order valence-electron chi connectivity index (χ2n) is 7.91. The molecular formula is C22H32N2O6. The number of hydrogen-bond acceptors (Lipinski definition) is 6. The molecule has 0 saturated heterocycles. The van der Waals surface area contributed by atoms with E-state index < -0.39 is 21.1 Å². The third kappa shape index (κ3) is 11.0. The number of nitrogens with zero attached hydrogens (tertiary/aromatic N) is 2. The molecule has 0 radical (unpaired) electrons. The summed E-state index contributed by atoms with van der Waals surface area (Å²) in [6, 6.07) is 13.2. The van der Waals surface area contributed by atoms with E-state index in [9.17, 15) is 20.2 Å². The van der Waals surface area contributed by atoms with E-state index in [1.165, 1.54) is 12.1 Å². The lowest BCUT2D eigenvalue weighted by Gasteiger charge is -2.20. The number of rotatable bonds is 4. The van der Waals surface area contributed by atoms with E-state index in [4.69, 9.17) is 9.47 Å². The van der Waals surface area contributed by atoms with Crippen molar-refractivity contribution < 1.29 is 19.3 Å². The van der Waals surface area contributed by atoms with Crippen molar-refractivity contribution in [3.63, 3.8) is 0 Å². The van der Waals surface area contributed by atoms with Crippen LogP contribution >= 0.6 is 0 Å². The lowest BCUT2D eigenvalue weighted by atomic mass is 10.2. The molecule has 0 aliphatic heterocycles. The highest BCUT2D eigenvalue weighted by molar-refractivity contribution is 5.53. The highest BCUT2D eigenvalue weighted by Crippen LogP contribution is 2.33. The normalized spacial score (nSPS) is 10.5. The molecule has 0 unspecified atom stereocenters. The van der Waals surface area contributed by atoms with Gasteiger partial charge in [0.05, 0.1) is 15.9 Å². The van der Waals surface area contributed by atoms with Crippen LogP contribution in [0.25, 0.3) is 0 Å². The number of ether oxygens (including phenoxy) is 2. The van der Waals surface area contributed by atoms with Gasteiger partial charge in [0.25, 0.3) is 5.69 Å². The van der Waals surface area contributed by atoms with Gasteiger partial charge >= 0.3 is 5.69 Å². The van der Waals surface area contributed by atoms with Crippen molar-refractivity contribution in [2.75, 3.05) is 0 Å². The maximum absolute atomic E-state index is 10.8. The number of non-ortho nitro benzene ring substituents is 1. The van der Waals surface area contributed by atoms with Crippen LogP contribution in [-0.2, 0) is 0 Å². The van der Waals surface area contributed by atoms with Gasteiger partial charge in [0.1, 0.15) is 17.0 Å². The average molecular weight is 421 g/mol. The van der Waals surface area contributed by atoms with Crippen LogP contribution in [0.1, 0.15) is 55.4 Å². The summed E-state index contributed by atoms with van der Waals surface area (Å²) >= 11 is 0. The van der Waals surface area contributed by atoms with Gasteiger partial charge in [-0.3, -0.25) is 20.2 Å². The Labute approximate surface area is 178 Å². The van der Waals surface area contributed by atoms with Gasteiger partial charge < -0.3 is 9.47 Å². The SMILES string of the molecule is CC.CC(C)(C)Oc1ccc([N+](=O)[O-])cc1[N+](=O)[O-].CC(C)(C)Oc1ccccc1. The Balaban J connectivity index is 0.000000557. The molecule has 0 fully saturated rings. The predicted octanol–water partition coefficient (Wildman–Crippen LogP) is 6.57. The van der Waals surface area contributed by atoms with Crippen LogP contribution in [0, 0.1) is 20.2 Å². The molecular weight excluding hydrogens is 388 g/mol. The fourth-order valence-electron chi connectivity index (χ4n) is 2.02. The largest absolute Gasteiger partial charge is 0.488 e. The summed E-state index contributed by atoms with van der Waals surface area (Å²) in [4.78, 5) is 19.9. The third-order valence-electron chi connectivity index (χ3n) is 2.93. The minimum absolute atomic E-state index is 0.0214. The summed E-state index contributed by atoms with van der Waals surface area (Å²) < 4.78 is 11.0. The Bertz CT molecular complexity index is 809. The zero-order chi connectivity index (χ0) is 23.5. The van der Waals surface area contributed by atoms with E-state index in [0.717, 1.165) is 11.8 Å². The van der Waals surface area contributed by atoms with Crippen LogP contribution in [0.15, 0.2) is 48.5 Å². The Morgan fingerprint density at radius 3 is 1.63 bits per heavy atom. The first-order valence-corrected chi connectivity index (χ1v) is 9.64. The first kappa shape index (κ1) is 26.8. The van der Waals surface area contributed by atoms with Crippen LogP contribution in [0.2, 0.25) is 0 Å². The van der Waals surface area contributed by atoms with Crippen molar-refractivity contribution in [3.05, 3.63) is 68.8 Å². The zero-order valence-electron chi connectivity index (χ0n) is 19.0. The van der Waals surface area contributed by atoms with Crippen molar-refractivity contribution in [3.8, 4) is 11.5 Å². The first-order chi connectivity index (χ1) is 13.8. The Kier molecular flexibility index (Phi) is 10.5. The zero-order valence-corrected chi connectivity index (χ0v) is 19.0. The molecule has 0 heterocycles. The summed E-state index contributed by atoms with van der Waals surface area (Å²) in [5, 5.41) is 21.3. The van der Waals surface area contributed by atoms with Crippen molar-refractivity contribution >= 4 is 11.4 Å². The summed E-state index contributed by atoms with van der Waals surface area (Å²) in [5.41, 5.74) is -1.45. The van der Waals surface area contributed by atoms with Crippen molar-refractivity contribution in [1.29, 1.82) is 0 Å². The number of nitro groups is 2. The highest BCUT2D eigenvalue weighted by Gasteiger charge is 2.24. The monoisotopic (exact) mass is 420 g/mol. The molecule has 8 nitrogen and oxygen atoms in total. The molecule has 0 N–H and O–H groups in total. The maximum Gasteiger partial charge on any atom is 0.317 e. The van der Waals surface area contributed by atoms with Gasteiger partial charge in [-0.15, -0.1) is 0 Å². The number of para-hydroxylation sites is 1. The van der Waals surface area contributed by atoms with Gasteiger partial charge in [-0.05, 0) is 59.7 Å². The van der Waals surface area contributed by atoms with Gasteiger partial charge in [0.15, 0.2) is 5.75 Å². The van der Waals surface area contributed by atoms with Gasteiger partial charge in [-0.1, -0.05) is 32.0 Å². The van der Waals surface area contributed by atoms with Crippen molar-refractivity contribution in [2.45, 2.75) is 66.6 Å². The standard InChI is InChI=1S/C10H12N2O5.C10H14O.C2H6/c1-10(2,3)17-9-5-4-7(11(13)14)6-8(9)12(15)16;1-10(2,3)11-9-7-5-4-6-8-9;1-2/h4-6H,1-3H3;4-8H,1-3H3;1-2H3. The van der Waals surface area contributed by atoms with E-state index >= 15 is 0 Å². The molecule has 0 spiro atoms. The van der Waals surface area contributed by atoms with Gasteiger partial charge in [-0.2, -0.15) is 0 Å². The van der Waals surface area contributed by atoms with E-state index in [1.807, 2.05) is 65.0 Å². The molecule has 0 aliphatic carbocycles. The summed E-state index contributed by atoms with van der Waals surface area (Å²) in [7, 11) is 0. The molecule has 2 aromatic carbocycles. The minimum atomic E-state index is -0.700. The third-order valence-corrected chi connectivity index (χ3v) is 2.93. The average Bonchev–Trinajstić information content (AvgIpc) is 2.62. The number of benzene rings is 2. The lowest BCUT2D eigenvalue weighted by Crippen LogP contribution is -2.23. The topological polar surface area (TPSA) is 105 Å². The molecule has 0 aromatic heterocycles. The lowest BCUT2D eigenvalue weighted by molar-refractivity contribution is -0.395. The molecule has 30 heavy (non-hydrogen) atoms. The second kappa shape index (κ2) is 11.7. The van der Waals surface area contributed by atoms with Gasteiger partial charge in [0.2, 0.25) is 0 Å². The van der Waals surface area contributed by atoms with Crippen LogP contribution < -0.4 is 9.47 Å². The molecule has 0 aliphatic rings. The Morgan fingerprint density at radius 2 is 1.23 bits per heavy atom. The quantitative estimate of drug-likeness (QED) is 0.409. The highest BCUT2D eigenvalue weighted by atomic mass is 16.6. The Morgan fingerprint density at radius 1 is 0.733 bits per heavy atom. The van der Waals surface area contributed by atoms with Crippen LogP contribution in [0.3, 0.4) is 0 Å². The van der Waals surface area contributed by atoms with Crippen molar-refractivity contribution in [2.24, 2.45) is 0 Å². The molecule has 0 atom stereocenters. The second-order valence-corrected chi connectivity index (χ2v) is 7.91. The van der Waals surface area contributed by atoms with E-state index in [1.54, 1.807) is 20.8 Å². The van der Waals surface area contributed by atoms with Gasteiger partial charge in [0, 0.05) is 6.07 Å². The molecule has 0 saturated carbocycles. The van der Waals surface area contributed by atoms with Crippen LogP contribution in [0.5, 0.6) is 11.5 Å². The van der Waals surface area contributed by atoms with E-state index in [2.05, 4.69) is 0 Å². The number of nitro benzene ring substituents is 2. The van der Waals surface area contributed by atoms with E-state index in [0.29, 0.717) is 0 Å². The summed E-state index contributed by atoms with van der Waals surface area (Å²) in [6.07, 6.45) is 0. The fourth-order valence-corrected chi connectivity index (χ4v) is 2.02. The fraction of sp³-hybridized carbons (Fsp3) is 0.455. The first-order valence-electron chi connectivity index (χ1n) is 9.64. The molecule has 166 valence electrons. The smallest absolute Gasteiger partial charge is 0.317 e. The van der Waals surface area contributed by atoms with Gasteiger partial charge in [-0.25, -0.2) is 0 Å². The summed E-state index contributed by atoms with van der Waals surface area (Å²) in [6.45, 7) is 15.3. The summed E-state index contributed by atoms with van der Waals surface area (Å²) in [5.74, 6) is 0.952. The minimum Gasteiger partial charge on any atom is -0.488 e. The van der Waals surface area contributed by atoms with Crippen molar-refractivity contribution in [1.82, 2.24) is 0 Å².